The lowest BCUT2D eigenvalue weighted by molar-refractivity contribution is -0.155. The second kappa shape index (κ2) is 4.39. The van der Waals surface area contributed by atoms with Crippen molar-refractivity contribution >= 4 is 5.97 Å². The monoisotopic (exact) mass is 246 g/mol. The van der Waals surface area contributed by atoms with Crippen LogP contribution >= 0.6 is 0 Å². The SMILES string of the molecule is Cc1ccc(C2(C(=O)OC3CCCC3)CO2)cc1. The molecule has 1 unspecified atom stereocenters. The zero-order valence-electron chi connectivity index (χ0n) is 10.6. The van der Waals surface area contributed by atoms with E-state index in [1.165, 1.54) is 5.56 Å². The van der Waals surface area contributed by atoms with Gasteiger partial charge in [0.2, 0.25) is 5.60 Å². The number of epoxide rings is 1. The van der Waals surface area contributed by atoms with Crippen LogP contribution in [-0.4, -0.2) is 18.7 Å². The van der Waals surface area contributed by atoms with Gasteiger partial charge in [-0.1, -0.05) is 29.8 Å². The maximum absolute atomic E-state index is 12.2. The normalized spacial score (nSPS) is 27.2. The fourth-order valence-corrected chi connectivity index (χ4v) is 2.55. The molecule has 1 heterocycles. The fraction of sp³-hybridized carbons (Fsp3) is 0.533. The summed E-state index contributed by atoms with van der Waals surface area (Å²) < 4.78 is 11.0. The molecular formula is C15H18O3. The highest BCUT2D eigenvalue weighted by Gasteiger charge is 2.56. The number of carbonyl (C=O) groups excluding carboxylic acids is 1. The van der Waals surface area contributed by atoms with Crippen molar-refractivity contribution in [3.63, 3.8) is 0 Å². The molecule has 1 saturated carbocycles. The smallest absolute Gasteiger partial charge is 0.345 e. The Balaban J connectivity index is 1.73. The number of esters is 1. The lowest BCUT2D eigenvalue weighted by Gasteiger charge is -2.16. The number of hydrogen-bond donors (Lipinski definition) is 0. The van der Waals surface area contributed by atoms with Gasteiger partial charge in [0.15, 0.2) is 0 Å². The van der Waals surface area contributed by atoms with E-state index < -0.39 is 5.60 Å². The average Bonchev–Trinajstić information content (AvgIpc) is 3.03. The van der Waals surface area contributed by atoms with Gasteiger partial charge >= 0.3 is 5.97 Å². The van der Waals surface area contributed by atoms with E-state index in [0.29, 0.717) is 6.61 Å². The predicted octanol–water partition coefficient (Wildman–Crippen LogP) is 2.71. The van der Waals surface area contributed by atoms with E-state index in [9.17, 15) is 4.79 Å². The molecule has 2 fully saturated rings. The summed E-state index contributed by atoms with van der Waals surface area (Å²) in [6, 6.07) is 7.92. The predicted molar refractivity (Wildman–Crippen MR) is 67.2 cm³/mol. The Hall–Kier alpha value is -1.35. The topological polar surface area (TPSA) is 38.8 Å². The Kier molecular flexibility index (Phi) is 2.86. The molecule has 3 heteroatoms. The molecule has 1 saturated heterocycles. The molecule has 0 spiro atoms. The van der Waals surface area contributed by atoms with Crippen LogP contribution in [0.2, 0.25) is 0 Å². The molecule has 3 rings (SSSR count). The van der Waals surface area contributed by atoms with E-state index in [-0.39, 0.29) is 12.1 Å². The van der Waals surface area contributed by atoms with Crippen LogP contribution in [-0.2, 0) is 19.9 Å². The van der Waals surface area contributed by atoms with Gasteiger partial charge in [0.05, 0.1) is 6.61 Å². The standard InChI is InChI=1S/C15H18O3/c1-11-6-8-12(9-7-11)15(10-17-15)14(16)18-13-4-2-3-5-13/h6-9,13H,2-5,10H2,1H3. The first-order valence-electron chi connectivity index (χ1n) is 6.63. The molecule has 0 radical (unpaired) electrons. The lowest BCUT2D eigenvalue weighted by atomic mass is 9.99. The van der Waals surface area contributed by atoms with Crippen LogP contribution in [0.25, 0.3) is 0 Å². The number of rotatable bonds is 3. The van der Waals surface area contributed by atoms with Crippen LogP contribution in [0.15, 0.2) is 24.3 Å². The quantitative estimate of drug-likeness (QED) is 0.608. The first kappa shape index (κ1) is 11.7. The summed E-state index contributed by atoms with van der Waals surface area (Å²) in [5.74, 6) is -0.210. The number of hydrogen-bond acceptors (Lipinski definition) is 3. The first-order chi connectivity index (χ1) is 8.71. The highest BCUT2D eigenvalue weighted by molar-refractivity contribution is 5.84. The Morgan fingerprint density at radius 1 is 1.28 bits per heavy atom. The van der Waals surface area contributed by atoms with Crippen molar-refractivity contribution in [2.45, 2.75) is 44.3 Å². The average molecular weight is 246 g/mol. The van der Waals surface area contributed by atoms with Crippen molar-refractivity contribution in [3.8, 4) is 0 Å². The molecule has 2 aliphatic rings. The van der Waals surface area contributed by atoms with Crippen molar-refractivity contribution in [1.82, 2.24) is 0 Å². The van der Waals surface area contributed by atoms with E-state index in [4.69, 9.17) is 9.47 Å². The third-order valence-electron chi connectivity index (χ3n) is 3.86. The summed E-state index contributed by atoms with van der Waals surface area (Å²) >= 11 is 0. The van der Waals surface area contributed by atoms with Gasteiger partial charge in [0, 0.05) is 0 Å². The van der Waals surface area contributed by atoms with Crippen LogP contribution in [0.5, 0.6) is 0 Å². The van der Waals surface area contributed by atoms with Crippen LogP contribution in [0.3, 0.4) is 0 Å². The van der Waals surface area contributed by atoms with E-state index in [0.717, 1.165) is 31.2 Å². The molecular weight excluding hydrogens is 228 g/mol. The molecule has 1 aromatic rings. The maximum atomic E-state index is 12.2. The largest absolute Gasteiger partial charge is 0.460 e. The fourth-order valence-electron chi connectivity index (χ4n) is 2.55. The van der Waals surface area contributed by atoms with Crippen LogP contribution in [0.1, 0.15) is 36.8 Å². The summed E-state index contributed by atoms with van der Waals surface area (Å²) in [5, 5.41) is 0. The molecule has 0 aromatic heterocycles. The molecule has 3 nitrogen and oxygen atoms in total. The van der Waals surface area contributed by atoms with E-state index >= 15 is 0 Å². The molecule has 0 amide bonds. The van der Waals surface area contributed by atoms with Gasteiger partial charge in [-0.25, -0.2) is 4.79 Å². The summed E-state index contributed by atoms with van der Waals surface area (Å²) in [7, 11) is 0. The second-order valence-electron chi connectivity index (χ2n) is 5.29. The van der Waals surface area contributed by atoms with E-state index in [2.05, 4.69) is 0 Å². The number of ether oxygens (including phenoxy) is 2. The molecule has 0 N–H and O–H groups in total. The highest BCUT2D eigenvalue weighted by Crippen LogP contribution is 2.41. The minimum Gasteiger partial charge on any atom is -0.460 e. The van der Waals surface area contributed by atoms with Crippen molar-refractivity contribution in [1.29, 1.82) is 0 Å². The van der Waals surface area contributed by atoms with Gasteiger partial charge in [0.1, 0.15) is 6.10 Å². The summed E-state index contributed by atoms with van der Waals surface area (Å²) in [4.78, 5) is 12.2. The Bertz CT molecular complexity index is 439. The maximum Gasteiger partial charge on any atom is 0.345 e. The minimum absolute atomic E-state index is 0.101. The zero-order valence-corrected chi connectivity index (χ0v) is 10.6. The molecule has 18 heavy (non-hydrogen) atoms. The molecule has 1 aromatic carbocycles. The van der Waals surface area contributed by atoms with Crippen molar-refractivity contribution < 1.29 is 14.3 Å². The zero-order chi connectivity index (χ0) is 12.6. The number of benzene rings is 1. The third-order valence-corrected chi connectivity index (χ3v) is 3.86. The Morgan fingerprint density at radius 3 is 2.44 bits per heavy atom. The second-order valence-corrected chi connectivity index (χ2v) is 5.29. The van der Waals surface area contributed by atoms with Crippen molar-refractivity contribution in [2.75, 3.05) is 6.61 Å². The number of aryl methyl sites for hydroxylation is 1. The number of carbonyl (C=O) groups is 1. The third kappa shape index (κ3) is 2.03. The van der Waals surface area contributed by atoms with E-state index in [1.807, 2.05) is 31.2 Å². The summed E-state index contributed by atoms with van der Waals surface area (Å²) in [6.07, 6.45) is 4.42. The van der Waals surface area contributed by atoms with Gasteiger partial charge in [-0.3, -0.25) is 0 Å². The van der Waals surface area contributed by atoms with Gasteiger partial charge in [-0.05, 0) is 38.2 Å². The Morgan fingerprint density at radius 2 is 1.89 bits per heavy atom. The molecule has 96 valence electrons. The highest BCUT2D eigenvalue weighted by atomic mass is 16.6. The summed E-state index contributed by atoms with van der Waals surface area (Å²) in [6.45, 7) is 2.47. The van der Waals surface area contributed by atoms with Crippen LogP contribution in [0, 0.1) is 6.92 Å². The molecule has 1 aliphatic carbocycles. The molecule has 1 atom stereocenters. The van der Waals surface area contributed by atoms with Gasteiger partial charge in [-0.2, -0.15) is 0 Å². The van der Waals surface area contributed by atoms with Crippen LogP contribution < -0.4 is 0 Å². The van der Waals surface area contributed by atoms with Gasteiger partial charge in [-0.15, -0.1) is 0 Å². The lowest BCUT2D eigenvalue weighted by Crippen LogP contribution is -2.28. The van der Waals surface area contributed by atoms with Gasteiger partial charge < -0.3 is 9.47 Å². The first-order valence-corrected chi connectivity index (χ1v) is 6.63. The van der Waals surface area contributed by atoms with Crippen molar-refractivity contribution in [2.24, 2.45) is 0 Å². The minimum atomic E-state index is -0.809. The van der Waals surface area contributed by atoms with E-state index in [1.54, 1.807) is 0 Å². The van der Waals surface area contributed by atoms with Crippen molar-refractivity contribution in [3.05, 3.63) is 35.4 Å². The summed E-state index contributed by atoms with van der Waals surface area (Å²) in [5.41, 5.74) is 1.28. The van der Waals surface area contributed by atoms with Gasteiger partial charge in [0.25, 0.3) is 0 Å². The Labute approximate surface area is 107 Å². The molecule has 0 bridgehead atoms. The van der Waals surface area contributed by atoms with Crippen LogP contribution in [0.4, 0.5) is 0 Å². The molecule has 1 aliphatic heterocycles.